The van der Waals surface area contributed by atoms with E-state index in [1.807, 2.05) is 13.1 Å². The lowest BCUT2D eigenvalue weighted by Gasteiger charge is -2.34. The van der Waals surface area contributed by atoms with Crippen LogP contribution >= 0.6 is 0 Å². The van der Waals surface area contributed by atoms with Gasteiger partial charge in [-0.2, -0.15) is 14.6 Å². The zero-order valence-corrected chi connectivity index (χ0v) is 16.1. The molecule has 0 radical (unpaired) electrons. The standard InChI is InChI=1S/C18H27N7O2/c1-11(2)15-10-20-25-16(15)21-12(3)22-17(25)23-13-4-6-24(7-5-13)18(26)27-14-8-19-9-14/h10-11,13-14,19H,4-9H2,1-3H3,(H,21,22,23). The third-order valence-electron chi connectivity index (χ3n) is 5.23. The fourth-order valence-electron chi connectivity index (χ4n) is 3.45. The smallest absolute Gasteiger partial charge is 0.410 e. The van der Waals surface area contributed by atoms with E-state index in [0.29, 0.717) is 25.0 Å². The van der Waals surface area contributed by atoms with E-state index in [4.69, 9.17) is 4.74 Å². The van der Waals surface area contributed by atoms with E-state index in [9.17, 15) is 4.79 Å². The van der Waals surface area contributed by atoms with Gasteiger partial charge in [0.15, 0.2) is 5.65 Å². The molecule has 4 heterocycles. The van der Waals surface area contributed by atoms with E-state index in [-0.39, 0.29) is 18.2 Å². The summed E-state index contributed by atoms with van der Waals surface area (Å²) in [5.41, 5.74) is 1.97. The second-order valence-corrected chi connectivity index (χ2v) is 7.65. The highest BCUT2D eigenvalue weighted by molar-refractivity contribution is 5.68. The number of hydrogen-bond donors (Lipinski definition) is 2. The number of rotatable bonds is 4. The van der Waals surface area contributed by atoms with Gasteiger partial charge < -0.3 is 20.3 Å². The van der Waals surface area contributed by atoms with Gasteiger partial charge in [0.05, 0.1) is 6.20 Å². The minimum atomic E-state index is -0.200. The van der Waals surface area contributed by atoms with E-state index in [0.717, 1.165) is 43.0 Å². The van der Waals surface area contributed by atoms with Gasteiger partial charge in [0.2, 0.25) is 5.95 Å². The van der Waals surface area contributed by atoms with Crippen LogP contribution in [0.3, 0.4) is 0 Å². The first-order valence-electron chi connectivity index (χ1n) is 9.66. The molecule has 146 valence electrons. The minimum Gasteiger partial charge on any atom is -0.443 e. The summed E-state index contributed by atoms with van der Waals surface area (Å²) in [5, 5.41) is 11.1. The van der Waals surface area contributed by atoms with Crippen molar-refractivity contribution in [3.63, 3.8) is 0 Å². The molecule has 9 heteroatoms. The normalized spacial score (nSPS) is 18.7. The van der Waals surface area contributed by atoms with Crippen LogP contribution in [0.25, 0.3) is 5.65 Å². The number of piperidine rings is 1. The average molecular weight is 373 g/mol. The van der Waals surface area contributed by atoms with Crippen LogP contribution in [0.15, 0.2) is 6.20 Å². The molecule has 1 amide bonds. The van der Waals surface area contributed by atoms with Gasteiger partial charge in [-0.05, 0) is 25.7 Å². The summed E-state index contributed by atoms with van der Waals surface area (Å²) in [7, 11) is 0. The number of fused-ring (bicyclic) bond motifs is 1. The number of amides is 1. The molecule has 27 heavy (non-hydrogen) atoms. The van der Waals surface area contributed by atoms with E-state index < -0.39 is 0 Å². The van der Waals surface area contributed by atoms with Gasteiger partial charge in [0.1, 0.15) is 11.9 Å². The van der Waals surface area contributed by atoms with Crippen molar-refractivity contribution < 1.29 is 9.53 Å². The number of carbonyl (C=O) groups excluding carboxylic acids is 1. The van der Waals surface area contributed by atoms with Gasteiger partial charge in [-0.15, -0.1) is 0 Å². The van der Waals surface area contributed by atoms with E-state index in [1.165, 1.54) is 0 Å². The molecule has 2 aliphatic heterocycles. The molecule has 2 aliphatic rings. The number of likely N-dealkylation sites (tertiary alicyclic amines) is 1. The van der Waals surface area contributed by atoms with Gasteiger partial charge in [-0.25, -0.2) is 9.78 Å². The highest BCUT2D eigenvalue weighted by Gasteiger charge is 2.28. The topological polar surface area (TPSA) is 96.7 Å². The molecule has 2 aromatic heterocycles. The zero-order valence-electron chi connectivity index (χ0n) is 16.1. The van der Waals surface area contributed by atoms with E-state index >= 15 is 0 Å². The van der Waals surface area contributed by atoms with Gasteiger partial charge in [-0.3, -0.25) is 0 Å². The van der Waals surface area contributed by atoms with Crippen molar-refractivity contribution in [3.8, 4) is 0 Å². The van der Waals surface area contributed by atoms with Crippen LogP contribution < -0.4 is 10.6 Å². The van der Waals surface area contributed by atoms with E-state index in [2.05, 4.69) is 39.5 Å². The molecule has 0 atom stereocenters. The Morgan fingerprint density at radius 3 is 2.67 bits per heavy atom. The molecule has 0 aliphatic carbocycles. The van der Waals surface area contributed by atoms with Gasteiger partial charge in [0, 0.05) is 37.8 Å². The van der Waals surface area contributed by atoms with Crippen LogP contribution in [-0.4, -0.2) is 68.9 Å². The Morgan fingerprint density at radius 1 is 1.30 bits per heavy atom. The monoisotopic (exact) mass is 373 g/mol. The fraction of sp³-hybridized carbons (Fsp3) is 0.667. The summed E-state index contributed by atoms with van der Waals surface area (Å²) in [5.74, 6) is 1.79. The van der Waals surface area contributed by atoms with Crippen LogP contribution in [0.1, 0.15) is 44.0 Å². The number of anilines is 1. The molecule has 2 N–H and O–H groups in total. The molecule has 2 saturated heterocycles. The molecule has 0 aromatic carbocycles. The molecular formula is C18H27N7O2. The number of nitrogens with one attached hydrogen (secondary N) is 2. The largest absolute Gasteiger partial charge is 0.443 e. The third-order valence-corrected chi connectivity index (χ3v) is 5.23. The molecular weight excluding hydrogens is 346 g/mol. The average Bonchev–Trinajstić information content (AvgIpc) is 3.02. The lowest BCUT2D eigenvalue weighted by molar-refractivity contribution is 0.0347. The molecule has 9 nitrogen and oxygen atoms in total. The van der Waals surface area contributed by atoms with Gasteiger partial charge >= 0.3 is 6.09 Å². The highest BCUT2D eigenvalue weighted by atomic mass is 16.6. The van der Waals surface area contributed by atoms with Crippen molar-refractivity contribution in [2.24, 2.45) is 0 Å². The van der Waals surface area contributed by atoms with Crippen LogP contribution in [0.4, 0.5) is 10.7 Å². The Morgan fingerprint density at radius 2 is 2.04 bits per heavy atom. The lowest BCUT2D eigenvalue weighted by Crippen LogP contribution is -2.52. The summed E-state index contributed by atoms with van der Waals surface area (Å²) in [6.45, 7) is 9.05. The molecule has 0 unspecified atom stereocenters. The molecule has 4 rings (SSSR count). The Kier molecular flexibility index (Phi) is 4.86. The molecule has 0 bridgehead atoms. The second-order valence-electron chi connectivity index (χ2n) is 7.65. The lowest BCUT2D eigenvalue weighted by atomic mass is 10.1. The zero-order chi connectivity index (χ0) is 19.0. The van der Waals surface area contributed by atoms with Crippen molar-refractivity contribution in [1.29, 1.82) is 0 Å². The Labute approximate surface area is 158 Å². The third kappa shape index (κ3) is 3.69. The van der Waals surface area contributed by atoms with Crippen LogP contribution in [-0.2, 0) is 4.74 Å². The van der Waals surface area contributed by atoms with Crippen molar-refractivity contribution in [1.82, 2.24) is 29.8 Å². The van der Waals surface area contributed by atoms with Crippen LogP contribution in [0.5, 0.6) is 0 Å². The van der Waals surface area contributed by atoms with Crippen molar-refractivity contribution >= 4 is 17.7 Å². The van der Waals surface area contributed by atoms with Crippen molar-refractivity contribution in [3.05, 3.63) is 17.6 Å². The second kappa shape index (κ2) is 7.30. The predicted octanol–water partition coefficient (Wildman–Crippen LogP) is 1.54. The number of hydrogen-bond acceptors (Lipinski definition) is 7. The summed E-state index contributed by atoms with van der Waals surface area (Å²) < 4.78 is 7.23. The maximum Gasteiger partial charge on any atom is 0.410 e. The fourth-order valence-corrected chi connectivity index (χ4v) is 3.45. The Hall–Kier alpha value is -2.42. The van der Waals surface area contributed by atoms with Crippen LogP contribution in [0.2, 0.25) is 0 Å². The van der Waals surface area contributed by atoms with Crippen molar-refractivity contribution in [2.45, 2.75) is 51.7 Å². The van der Waals surface area contributed by atoms with Gasteiger partial charge in [-0.1, -0.05) is 13.8 Å². The molecule has 0 saturated carbocycles. The number of carbonyl (C=O) groups is 1. The summed E-state index contributed by atoms with van der Waals surface area (Å²) in [4.78, 5) is 23.1. The SMILES string of the molecule is Cc1nc(NC2CCN(C(=O)OC3CNC3)CC2)n2ncc(C(C)C)c2n1. The Balaban J connectivity index is 1.41. The summed E-state index contributed by atoms with van der Waals surface area (Å²) >= 11 is 0. The summed E-state index contributed by atoms with van der Waals surface area (Å²) in [6, 6.07) is 0.239. The first kappa shape index (κ1) is 18.0. The maximum absolute atomic E-state index is 12.2. The van der Waals surface area contributed by atoms with Crippen molar-refractivity contribution in [2.75, 3.05) is 31.5 Å². The maximum atomic E-state index is 12.2. The number of aromatic nitrogens is 4. The number of aryl methyl sites for hydroxylation is 1. The summed E-state index contributed by atoms with van der Waals surface area (Å²) in [6.07, 6.45) is 3.39. The highest BCUT2D eigenvalue weighted by Crippen LogP contribution is 2.22. The molecule has 0 spiro atoms. The molecule has 2 aromatic rings. The van der Waals surface area contributed by atoms with Gasteiger partial charge in [0.25, 0.3) is 0 Å². The van der Waals surface area contributed by atoms with E-state index in [1.54, 1.807) is 9.42 Å². The first-order valence-corrected chi connectivity index (χ1v) is 9.66. The number of nitrogens with zero attached hydrogens (tertiary/aromatic N) is 5. The predicted molar refractivity (Wildman–Crippen MR) is 101 cm³/mol. The number of ether oxygens (including phenoxy) is 1. The quantitative estimate of drug-likeness (QED) is 0.839. The minimum absolute atomic E-state index is 0.0283. The van der Waals surface area contributed by atoms with Crippen LogP contribution in [0, 0.1) is 6.92 Å². The molecule has 2 fully saturated rings. The first-order chi connectivity index (χ1) is 13.0. The Bertz CT molecular complexity index is 822.